The summed E-state index contributed by atoms with van der Waals surface area (Å²) < 4.78 is 14.0. The van der Waals surface area contributed by atoms with Gasteiger partial charge in [0.2, 0.25) is 0 Å². The number of hydrogen-bond donors (Lipinski definition) is 0. The van der Waals surface area contributed by atoms with E-state index >= 15 is 0 Å². The summed E-state index contributed by atoms with van der Waals surface area (Å²) in [4.78, 5) is 0. The molecule has 3 saturated carbocycles. The second-order valence-electron chi connectivity index (χ2n) is 10.8. The van der Waals surface area contributed by atoms with Gasteiger partial charge in [0.1, 0.15) is 5.82 Å². The Morgan fingerprint density at radius 1 is 0.607 bits per heavy atom. The standard InChI is InChI=1S/C27H41F/c1-18-4-6-21(7-5-18)22-8-10-23(11-9-22)24-12-14-25(15-13-24)26-16-19(2)27(28)20(3)17-26/h16-18,21-25H,4-15H2,1-3H3. The first-order valence-electron chi connectivity index (χ1n) is 12.3. The van der Waals surface area contributed by atoms with E-state index in [9.17, 15) is 4.39 Å². The Labute approximate surface area is 172 Å². The Morgan fingerprint density at radius 3 is 1.39 bits per heavy atom. The third-order valence-corrected chi connectivity index (χ3v) is 8.91. The third kappa shape index (κ3) is 4.49. The van der Waals surface area contributed by atoms with Crippen LogP contribution in [0.25, 0.3) is 0 Å². The van der Waals surface area contributed by atoms with Crippen molar-refractivity contribution in [3.63, 3.8) is 0 Å². The van der Waals surface area contributed by atoms with Crippen molar-refractivity contribution in [3.8, 4) is 0 Å². The van der Waals surface area contributed by atoms with Gasteiger partial charge >= 0.3 is 0 Å². The zero-order valence-corrected chi connectivity index (χ0v) is 18.5. The fraction of sp³-hybridized carbons (Fsp3) is 0.778. The van der Waals surface area contributed by atoms with Gasteiger partial charge in [-0.3, -0.25) is 0 Å². The molecule has 0 saturated heterocycles. The van der Waals surface area contributed by atoms with Gasteiger partial charge < -0.3 is 0 Å². The topological polar surface area (TPSA) is 0 Å². The Hall–Kier alpha value is -0.850. The molecule has 3 fully saturated rings. The number of aryl methyl sites for hydroxylation is 2. The molecule has 0 heterocycles. The molecule has 0 aliphatic heterocycles. The smallest absolute Gasteiger partial charge is 0.129 e. The maximum Gasteiger partial charge on any atom is 0.129 e. The van der Waals surface area contributed by atoms with Crippen molar-refractivity contribution in [3.05, 3.63) is 34.6 Å². The Balaban J connectivity index is 1.26. The molecule has 0 N–H and O–H groups in total. The zero-order chi connectivity index (χ0) is 19.7. The van der Waals surface area contributed by atoms with Crippen molar-refractivity contribution in [1.82, 2.24) is 0 Å². The highest BCUT2D eigenvalue weighted by Crippen LogP contribution is 2.47. The van der Waals surface area contributed by atoms with Gasteiger partial charge in [0.25, 0.3) is 0 Å². The summed E-state index contributed by atoms with van der Waals surface area (Å²) in [5, 5.41) is 0. The first-order chi connectivity index (χ1) is 13.5. The molecule has 0 aromatic heterocycles. The molecule has 3 aliphatic carbocycles. The minimum absolute atomic E-state index is 0.0124. The van der Waals surface area contributed by atoms with Crippen LogP contribution in [0.1, 0.15) is 107 Å². The van der Waals surface area contributed by atoms with E-state index in [0.29, 0.717) is 5.92 Å². The van der Waals surface area contributed by atoms with Crippen LogP contribution in [-0.2, 0) is 0 Å². The minimum Gasteiger partial charge on any atom is -0.206 e. The quantitative estimate of drug-likeness (QED) is 0.491. The van der Waals surface area contributed by atoms with Crippen LogP contribution in [-0.4, -0.2) is 0 Å². The zero-order valence-electron chi connectivity index (χ0n) is 18.5. The van der Waals surface area contributed by atoms with Crippen LogP contribution in [0.4, 0.5) is 4.39 Å². The molecule has 1 aromatic carbocycles. The fourth-order valence-electron chi connectivity index (χ4n) is 6.98. The van der Waals surface area contributed by atoms with Gasteiger partial charge in [-0.2, -0.15) is 0 Å². The van der Waals surface area contributed by atoms with E-state index in [1.807, 2.05) is 13.8 Å². The predicted octanol–water partition coefficient (Wildman–Crippen LogP) is 8.35. The first-order valence-corrected chi connectivity index (χ1v) is 12.3. The van der Waals surface area contributed by atoms with Crippen LogP contribution < -0.4 is 0 Å². The van der Waals surface area contributed by atoms with Gasteiger partial charge in [0.05, 0.1) is 0 Å². The van der Waals surface area contributed by atoms with Crippen LogP contribution in [0.5, 0.6) is 0 Å². The first kappa shape index (κ1) is 20.4. The highest BCUT2D eigenvalue weighted by Gasteiger charge is 2.34. The molecule has 0 radical (unpaired) electrons. The maximum atomic E-state index is 14.0. The SMILES string of the molecule is Cc1cc(C2CCC(C3CCC(C4CCC(C)CC4)CC3)CC2)cc(C)c1F. The largest absolute Gasteiger partial charge is 0.206 e. The molecule has 1 heteroatoms. The molecule has 3 aliphatic rings. The van der Waals surface area contributed by atoms with E-state index in [-0.39, 0.29) is 5.82 Å². The van der Waals surface area contributed by atoms with E-state index in [0.717, 1.165) is 40.7 Å². The van der Waals surface area contributed by atoms with Crippen molar-refractivity contribution < 1.29 is 4.39 Å². The normalized spacial score (nSPS) is 37.0. The maximum absolute atomic E-state index is 14.0. The summed E-state index contributed by atoms with van der Waals surface area (Å²) in [6, 6.07) is 4.23. The Kier molecular flexibility index (Phi) is 6.48. The van der Waals surface area contributed by atoms with Crippen molar-refractivity contribution in [2.75, 3.05) is 0 Å². The summed E-state index contributed by atoms with van der Waals surface area (Å²) in [6.07, 6.45) is 17.4. The molecule has 0 spiro atoms. The average Bonchev–Trinajstić information content (AvgIpc) is 2.72. The number of benzene rings is 1. The summed E-state index contributed by atoms with van der Waals surface area (Å²) in [5.41, 5.74) is 3.05. The second kappa shape index (κ2) is 8.88. The van der Waals surface area contributed by atoms with Crippen LogP contribution in [0, 0.1) is 49.3 Å². The lowest BCUT2D eigenvalue weighted by atomic mass is 9.65. The van der Waals surface area contributed by atoms with Crippen LogP contribution in [0.2, 0.25) is 0 Å². The summed E-state index contributed by atoms with van der Waals surface area (Å²) in [6.45, 7) is 6.28. The van der Waals surface area contributed by atoms with Gasteiger partial charge in [0.15, 0.2) is 0 Å². The predicted molar refractivity (Wildman–Crippen MR) is 117 cm³/mol. The molecular formula is C27H41F. The fourth-order valence-corrected chi connectivity index (χ4v) is 6.98. The average molecular weight is 385 g/mol. The lowest BCUT2D eigenvalue weighted by Gasteiger charge is -2.41. The van der Waals surface area contributed by atoms with Crippen molar-refractivity contribution >= 4 is 0 Å². The molecule has 156 valence electrons. The van der Waals surface area contributed by atoms with E-state index in [1.165, 1.54) is 82.6 Å². The van der Waals surface area contributed by atoms with Gasteiger partial charge in [-0.25, -0.2) is 4.39 Å². The minimum atomic E-state index is -0.0124. The monoisotopic (exact) mass is 384 g/mol. The third-order valence-electron chi connectivity index (χ3n) is 8.91. The second-order valence-corrected chi connectivity index (χ2v) is 10.8. The van der Waals surface area contributed by atoms with Crippen molar-refractivity contribution in [2.45, 2.75) is 104 Å². The van der Waals surface area contributed by atoms with Gasteiger partial charge in [-0.15, -0.1) is 0 Å². The van der Waals surface area contributed by atoms with E-state index in [1.54, 1.807) is 0 Å². The van der Waals surface area contributed by atoms with Gasteiger partial charge in [-0.1, -0.05) is 31.9 Å². The van der Waals surface area contributed by atoms with E-state index in [2.05, 4.69) is 19.1 Å². The molecule has 1 aromatic rings. The number of rotatable bonds is 3. The van der Waals surface area contributed by atoms with Crippen LogP contribution in [0.15, 0.2) is 12.1 Å². The molecular weight excluding hydrogens is 343 g/mol. The van der Waals surface area contributed by atoms with Crippen molar-refractivity contribution in [2.24, 2.45) is 29.6 Å². The lowest BCUT2D eigenvalue weighted by molar-refractivity contribution is 0.112. The molecule has 0 amide bonds. The Morgan fingerprint density at radius 2 is 0.964 bits per heavy atom. The summed E-state index contributed by atoms with van der Waals surface area (Å²) in [5.74, 6) is 5.69. The van der Waals surface area contributed by atoms with Crippen LogP contribution >= 0.6 is 0 Å². The number of halogens is 1. The highest BCUT2D eigenvalue weighted by atomic mass is 19.1. The number of hydrogen-bond acceptors (Lipinski definition) is 0. The van der Waals surface area contributed by atoms with E-state index < -0.39 is 0 Å². The molecule has 28 heavy (non-hydrogen) atoms. The summed E-state index contributed by atoms with van der Waals surface area (Å²) >= 11 is 0. The molecule has 4 rings (SSSR count). The van der Waals surface area contributed by atoms with Crippen molar-refractivity contribution in [1.29, 1.82) is 0 Å². The molecule has 0 atom stereocenters. The van der Waals surface area contributed by atoms with Crippen LogP contribution in [0.3, 0.4) is 0 Å². The van der Waals surface area contributed by atoms with Gasteiger partial charge in [0, 0.05) is 0 Å². The summed E-state index contributed by atoms with van der Waals surface area (Å²) in [7, 11) is 0. The van der Waals surface area contributed by atoms with E-state index in [4.69, 9.17) is 0 Å². The molecule has 0 nitrogen and oxygen atoms in total. The highest BCUT2D eigenvalue weighted by molar-refractivity contribution is 5.32. The molecule has 0 unspecified atom stereocenters. The molecule has 0 bridgehead atoms. The Bertz CT molecular complexity index is 615. The van der Waals surface area contributed by atoms with Gasteiger partial charge in [-0.05, 0) is 130 Å². The lowest BCUT2D eigenvalue weighted by Crippen LogP contribution is -2.29.